The third-order valence-corrected chi connectivity index (χ3v) is 6.18. The lowest BCUT2D eigenvalue weighted by molar-refractivity contribution is -0.137. The van der Waals surface area contributed by atoms with E-state index in [0.717, 1.165) is 32.2 Å². The highest BCUT2D eigenvalue weighted by molar-refractivity contribution is 5.77. The Balaban J connectivity index is 1.65. The van der Waals surface area contributed by atoms with Crippen LogP contribution in [0.1, 0.15) is 38.2 Å². The Morgan fingerprint density at radius 2 is 2.00 bits per heavy atom. The van der Waals surface area contributed by atoms with E-state index in [1.54, 1.807) is 0 Å². The fourth-order valence-corrected chi connectivity index (χ4v) is 4.76. The normalized spacial score (nSPS) is 23.7. The Morgan fingerprint density at radius 3 is 2.72 bits per heavy atom. The lowest BCUT2D eigenvalue weighted by Gasteiger charge is -2.47. The monoisotopic (exact) mass is 390 g/mol. The molecule has 4 heteroatoms. The lowest BCUT2D eigenvalue weighted by Crippen LogP contribution is -2.64. The van der Waals surface area contributed by atoms with Crippen molar-refractivity contribution in [3.63, 3.8) is 0 Å². The van der Waals surface area contributed by atoms with Gasteiger partial charge in [0.25, 0.3) is 0 Å². The minimum Gasteiger partial charge on any atom is -0.477 e. The van der Waals surface area contributed by atoms with Crippen molar-refractivity contribution in [3.8, 4) is 11.1 Å². The van der Waals surface area contributed by atoms with Gasteiger partial charge in [0.2, 0.25) is 5.91 Å². The summed E-state index contributed by atoms with van der Waals surface area (Å²) in [6.07, 6.45) is 4.25. The molecular formula is C25H30N2O2. The molecular weight excluding hydrogens is 360 g/mol. The molecule has 0 radical (unpaired) electrons. The van der Waals surface area contributed by atoms with Crippen molar-refractivity contribution in [3.05, 3.63) is 72.6 Å². The number of hydrogen-bond donors (Lipinski definition) is 1. The van der Waals surface area contributed by atoms with Crippen LogP contribution in [0.2, 0.25) is 0 Å². The highest BCUT2D eigenvalue weighted by atomic mass is 16.5. The van der Waals surface area contributed by atoms with Gasteiger partial charge in [0.15, 0.2) is 5.88 Å². The first-order valence-corrected chi connectivity index (χ1v) is 10.6. The van der Waals surface area contributed by atoms with Crippen LogP contribution in [-0.2, 0) is 16.0 Å². The summed E-state index contributed by atoms with van der Waals surface area (Å²) >= 11 is 0. The third-order valence-electron chi connectivity index (χ3n) is 6.18. The van der Waals surface area contributed by atoms with E-state index in [-0.39, 0.29) is 17.5 Å². The van der Waals surface area contributed by atoms with Gasteiger partial charge in [-0.1, -0.05) is 61.5 Å². The number of amides is 1. The molecule has 2 aliphatic rings. The van der Waals surface area contributed by atoms with Crippen LogP contribution in [0.15, 0.2) is 67.1 Å². The van der Waals surface area contributed by atoms with Crippen molar-refractivity contribution in [2.24, 2.45) is 0 Å². The van der Waals surface area contributed by atoms with Gasteiger partial charge in [-0.2, -0.15) is 0 Å². The number of nitrogens with zero attached hydrogens (tertiary/aromatic N) is 1. The van der Waals surface area contributed by atoms with E-state index < -0.39 is 0 Å². The Labute approximate surface area is 173 Å². The topological polar surface area (TPSA) is 41.6 Å². The quantitative estimate of drug-likeness (QED) is 0.816. The van der Waals surface area contributed by atoms with Crippen LogP contribution in [0.25, 0.3) is 11.1 Å². The molecule has 0 aliphatic carbocycles. The standard InChI is InChI=1S/C25H30N2O2/c1-3-9-24(28)27-15-8-14-25(18-29-19(2)26-25)23(27)17-20-10-7-13-22(16-20)21-11-5-4-6-12-21/h4-7,10-13,16,23,26H,2-3,8-9,14-15,17-18H2,1H3. The molecule has 1 N–H and O–H groups in total. The van der Waals surface area contributed by atoms with Gasteiger partial charge in [-0.15, -0.1) is 0 Å². The Bertz CT molecular complexity index is 879. The fourth-order valence-electron chi connectivity index (χ4n) is 4.76. The van der Waals surface area contributed by atoms with Crippen molar-refractivity contribution < 1.29 is 9.53 Å². The van der Waals surface area contributed by atoms with Gasteiger partial charge in [0.05, 0.1) is 11.6 Å². The van der Waals surface area contributed by atoms with Gasteiger partial charge in [-0.3, -0.25) is 4.79 Å². The summed E-state index contributed by atoms with van der Waals surface area (Å²) in [6, 6.07) is 19.2. The molecule has 0 saturated carbocycles. The first-order valence-electron chi connectivity index (χ1n) is 10.6. The Kier molecular flexibility index (Phi) is 5.61. The van der Waals surface area contributed by atoms with Gasteiger partial charge in [0, 0.05) is 13.0 Å². The van der Waals surface area contributed by atoms with Crippen LogP contribution in [0.5, 0.6) is 0 Å². The molecule has 2 atom stereocenters. The van der Waals surface area contributed by atoms with Crippen LogP contribution in [-0.4, -0.2) is 35.5 Å². The third kappa shape index (κ3) is 4.02. The van der Waals surface area contributed by atoms with Crippen LogP contribution >= 0.6 is 0 Å². The summed E-state index contributed by atoms with van der Waals surface area (Å²) in [5.74, 6) is 0.868. The summed E-state index contributed by atoms with van der Waals surface area (Å²) < 4.78 is 5.75. The summed E-state index contributed by atoms with van der Waals surface area (Å²) in [4.78, 5) is 15.0. The van der Waals surface area contributed by atoms with E-state index in [1.165, 1.54) is 16.7 Å². The van der Waals surface area contributed by atoms with Crippen LogP contribution in [0, 0.1) is 0 Å². The summed E-state index contributed by atoms with van der Waals surface area (Å²) in [5.41, 5.74) is 3.41. The molecule has 2 saturated heterocycles. The zero-order valence-electron chi connectivity index (χ0n) is 17.2. The maximum Gasteiger partial charge on any atom is 0.222 e. The molecule has 1 spiro atoms. The summed E-state index contributed by atoms with van der Waals surface area (Å²) in [6.45, 7) is 7.42. The number of benzene rings is 2. The maximum absolute atomic E-state index is 12.9. The first kappa shape index (κ1) is 19.6. The second kappa shape index (κ2) is 8.32. The van der Waals surface area contributed by atoms with Crippen molar-refractivity contribution in [1.29, 1.82) is 0 Å². The van der Waals surface area contributed by atoms with Crippen molar-refractivity contribution in [2.75, 3.05) is 13.2 Å². The lowest BCUT2D eigenvalue weighted by atomic mass is 9.78. The van der Waals surface area contributed by atoms with E-state index in [1.807, 2.05) is 6.07 Å². The molecule has 2 unspecified atom stereocenters. The number of carbonyl (C=O) groups is 1. The van der Waals surface area contributed by atoms with Gasteiger partial charge in [-0.25, -0.2) is 0 Å². The van der Waals surface area contributed by atoms with Gasteiger partial charge in [-0.05, 0) is 49.0 Å². The van der Waals surface area contributed by atoms with E-state index >= 15 is 0 Å². The second-order valence-electron chi connectivity index (χ2n) is 8.22. The van der Waals surface area contributed by atoms with E-state index in [2.05, 4.69) is 72.3 Å². The van der Waals surface area contributed by atoms with Crippen LogP contribution in [0.3, 0.4) is 0 Å². The van der Waals surface area contributed by atoms with Crippen LogP contribution < -0.4 is 5.32 Å². The number of carbonyl (C=O) groups excluding carboxylic acids is 1. The van der Waals surface area contributed by atoms with Crippen LogP contribution in [0.4, 0.5) is 0 Å². The van der Waals surface area contributed by atoms with Gasteiger partial charge < -0.3 is 15.0 Å². The molecule has 2 aliphatic heterocycles. The summed E-state index contributed by atoms with van der Waals surface area (Å²) in [5, 5.41) is 3.50. The van der Waals surface area contributed by atoms with Crippen molar-refractivity contribution >= 4 is 5.91 Å². The molecule has 2 fully saturated rings. The highest BCUT2D eigenvalue weighted by Gasteiger charge is 2.49. The smallest absolute Gasteiger partial charge is 0.222 e. The molecule has 4 rings (SSSR count). The Hall–Kier alpha value is -2.75. The zero-order valence-corrected chi connectivity index (χ0v) is 17.2. The maximum atomic E-state index is 12.9. The molecule has 2 aromatic carbocycles. The largest absolute Gasteiger partial charge is 0.477 e. The number of rotatable bonds is 5. The SMILES string of the molecule is C=C1NC2(CCCN(C(=O)CCC)C2Cc2cccc(-c3ccccc3)c2)CO1. The van der Waals surface area contributed by atoms with Gasteiger partial charge >= 0.3 is 0 Å². The molecule has 2 aromatic rings. The van der Waals surface area contributed by atoms with Crippen molar-refractivity contribution in [1.82, 2.24) is 10.2 Å². The van der Waals surface area contributed by atoms with Crippen molar-refractivity contribution in [2.45, 2.75) is 50.6 Å². The number of nitrogens with one attached hydrogen (secondary N) is 1. The minimum absolute atomic E-state index is 0.0561. The average Bonchev–Trinajstić information content (AvgIpc) is 3.11. The molecule has 0 bridgehead atoms. The zero-order chi connectivity index (χ0) is 20.3. The van der Waals surface area contributed by atoms with E-state index in [0.29, 0.717) is 18.9 Å². The summed E-state index contributed by atoms with van der Waals surface area (Å²) in [7, 11) is 0. The predicted octanol–water partition coefficient (Wildman–Crippen LogP) is 4.52. The highest BCUT2D eigenvalue weighted by Crippen LogP contribution is 2.36. The molecule has 1 amide bonds. The fraction of sp³-hybridized carbons (Fsp3) is 0.400. The predicted molar refractivity (Wildman–Crippen MR) is 116 cm³/mol. The van der Waals surface area contributed by atoms with E-state index in [9.17, 15) is 4.79 Å². The molecule has 4 nitrogen and oxygen atoms in total. The number of likely N-dealkylation sites (tertiary alicyclic amines) is 1. The molecule has 2 heterocycles. The average molecular weight is 391 g/mol. The number of ether oxygens (including phenoxy) is 1. The molecule has 29 heavy (non-hydrogen) atoms. The number of piperidine rings is 1. The minimum atomic E-state index is -0.249. The first-order chi connectivity index (χ1) is 14.1. The molecule has 0 aromatic heterocycles. The Morgan fingerprint density at radius 1 is 1.21 bits per heavy atom. The second-order valence-corrected chi connectivity index (χ2v) is 8.22. The number of hydrogen-bond acceptors (Lipinski definition) is 3. The molecule has 152 valence electrons. The van der Waals surface area contributed by atoms with Gasteiger partial charge in [0.1, 0.15) is 6.61 Å². The van der Waals surface area contributed by atoms with E-state index in [4.69, 9.17) is 4.74 Å².